The number of aliphatic hydroxyl groups is 1. The third-order valence-corrected chi connectivity index (χ3v) is 2.34. The second-order valence-corrected chi connectivity index (χ2v) is 3.76. The highest BCUT2D eigenvalue weighted by atomic mass is 16.3. The van der Waals surface area contributed by atoms with Gasteiger partial charge >= 0.3 is 0 Å². The van der Waals surface area contributed by atoms with Gasteiger partial charge in [-0.15, -0.1) is 0 Å². The molecular formula is C11H17NO. The molecule has 0 bridgehead atoms. The molecule has 2 nitrogen and oxygen atoms in total. The first-order chi connectivity index (χ1) is 6.06. The summed E-state index contributed by atoms with van der Waals surface area (Å²) < 4.78 is 0. The van der Waals surface area contributed by atoms with Gasteiger partial charge in [0, 0.05) is 12.1 Å². The lowest BCUT2D eigenvalue weighted by molar-refractivity contribution is 0.247. The van der Waals surface area contributed by atoms with Crippen molar-refractivity contribution in [1.82, 2.24) is 0 Å². The van der Waals surface area contributed by atoms with Crippen molar-refractivity contribution in [3.8, 4) is 0 Å². The second kappa shape index (κ2) is 3.90. The molecule has 0 aromatic heterocycles. The molecule has 72 valence electrons. The van der Waals surface area contributed by atoms with Crippen LogP contribution in [-0.2, 0) is 5.54 Å². The first kappa shape index (κ1) is 10.2. The topological polar surface area (TPSA) is 46.2 Å². The highest BCUT2D eigenvalue weighted by Crippen LogP contribution is 2.21. The molecule has 0 fully saturated rings. The van der Waals surface area contributed by atoms with Crippen LogP contribution in [-0.4, -0.2) is 11.7 Å². The Morgan fingerprint density at radius 1 is 1.31 bits per heavy atom. The van der Waals surface area contributed by atoms with Crippen LogP contribution in [0.25, 0.3) is 0 Å². The van der Waals surface area contributed by atoms with Crippen LogP contribution >= 0.6 is 0 Å². The Balaban J connectivity index is 2.87. The zero-order chi connectivity index (χ0) is 9.90. The van der Waals surface area contributed by atoms with Crippen LogP contribution in [0.15, 0.2) is 24.3 Å². The van der Waals surface area contributed by atoms with Gasteiger partial charge in [0.25, 0.3) is 0 Å². The largest absolute Gasteiger partial charge is 0.396 e. The predicted molar refractivity (Wildman–Crippen MR) is 54.4 cm³/mol. The molecule has 0 aliphatic rings. The van der Waals surface area contributed by atoms with Gasteiger partial charge in [-0.05, 0) is 25.8 Å². The molecule has 1 atom stereocenters. The third-order valence-electron chi connectivity index (χ3n) is 2.34. The number of hydrogen-bond acceptors (Lipinski definition) is 2. The molecule has 1 aromatic rings. The molecule has 2 heteroatoms. The van der Waals surface area contributed by atoms with Crippen molar-refractivity contribution < 1.29 is 5.11 Å². The molecule has 0 spiro atoms. The molecule has 0 saturated carbocycles. The predicted octanol–water partition coefficient (Wildman–Crippen LogP) is 1.55. The minimum absolute atomic E-state index is 0.126. The van der Waals surface area contributed by atoms with Gasteiger partial charge in [0.2, 0.25) is 0 Å². The van der Waals surface area contributed by atoms with E-state index in [1.807, 2.05) is 38.1 Å². The molecule has 1 rings (SSSR count). The molecule has 0 saturated heterocycles. The number of nitrogens with two attached hydrogens (primary N) is 1. The highest BCUT2D eigenvalue weighted by molar-refractivity contribution is 5.26. The summed E-state index contributed by atoms with van der Waals surface area (Å²) in [6.45, 7) is 4.11. The number of benzene rings is 1. The van der Waals surface area contributed by atoms with Gasteiger partial charge in [0.1, 0.15) is 0 Å². The van der Waals surface area contributed by atoms with Crippen LogP contribution in [0.1, 0.15) is 24.5 Å². The Kier molecular flexibility index (Phi) is 3.07. The molecule has 13 heavy (non-hydrogen) atoms. The average molecular weight is 179 g/mol. The number of aryl methyl sites for hydroxylation is 1. The molecule has 0 amide bonds. The maximum atomic E-state index is 8.84. The van der Waals surface area contributed by atoms with E-state index >= 15 is 0 Å². The second-order valence-electron chi connectivity index (χ2n) is 3.76. The Hall–Kier alpha value is -0.860. The van der Waals surface area contributed by atoms with Gasteiger partial charge in [-0.2, -0.15) is 0 Å². The monoisotopic (exact) mass is 179 g/mol. The van der Waals surface area contributed by atoms with Gasteiger partial charge < -0.3 is 10.8 Å². The van der Waals surface area contributed by atoms with E-state index in [-0.39, 0.29) is 6.61 Å². The molecule has 1 unspecified atom stereocenters. The van der Waals surface area contributed by atoms with Gasteiger partial charge in [-0.25, -0.2) is 0 Å². The minimum atomic E-state index is -0.414. The van der Waals surface area contributed by atoms with Gasteiger partial charge in [0.05, 0.1) is 0 Å². The van der Waals surface area contributed by atoms with Crippen molar-refractivity contribution in [2.75, 3.05) is 6.61 Å². The lowest BCUT2D eigenvalue weighted by Crippen LogP contribution is -2.33. The van der Waals surface area contributed by atoms with Crippen LogP contribution in [0.5, 0.6) is 0 Å². The van der Waals surface area contributed by atoms with Crippen molar-refractivity contribution in [3.63, 3.8) is 0 Å². The quantitative estimate of drug-likeness (QED) is 0.739. The van der Waals surface area contributed by atoms with E-state index in [4.69, 9.17) is 10.8 Å². The van der Waals surface area contributed by atoms with Crippen molar-refractivity contribution >= 4 is 0 Å². The zero-order valence-electron chi connectivity index (χ0n) is 8.25. The van der Waals surface area contributed by atoms with E-state index in [0.29, 0.717) is 6.42 Å². The van der Waals surface area contributed by atoms with Crippen LogP contribution in [0.4, 0.5) is 0 Å². The SMILES string of the molecule is Cc1ccc(C(C)(N)CCO)cc1. The summed E-state index contributed by atoms with van der Waals surface area (Å²) in [7, 11) is 0. The van der Waals surface area contributed by atoms with Crippen molar-refractivity contribution in [1.29, 1.82) is 0 Å². The number of rotatable bonds is 3. The lowest BCUT2D eigenvalue weighted by Gasteiger charge is -2.24. The summed E-state index contributed by atoms with van der Waals surface area (Å²) >= 11 is 0. The molecule has 0 radical (unpaired) electrons. The van der Waals surface area contributed by atoms with E-state index < -0.39 is 5.54 Å². The van der Waals surface area contributed by atoms with Gasteiger partial charge in [0.15, 0.2) is 0 Å². The number of aliphatic hydroxyl groups excluding tert-OH is 1. The highest BCUT2D eigenvalue weighted by Gasteiger charge is 2.19. The Labute approximate surface area is 79.4 Å². The lowest BCUT2D eigenvalue weighted by atomic mass is 9.90. The summed E-state index contributed by atoms with van der Waals surface area (Å²) in [6.07, 6.45) is 0.593. The molecule has 3 N–H and O–H groups in total. The normalized spacial score (nSPS) is 15.4. The summed E-state index contributed by atoms with van der Waals surface area (Å²) in [5.41, 5.74) is 7.93. The van der Waals surface area contributed by atoms with E-state index in [1.165, 1.54) is 5.56 Å². The smallest absolute Gasteiger partial charge is 0.0451 e. The van der Waals surface area contributed by atoms with Gasteiger partial charge in [-0.3, -0.25) is 0 Å². The van der Waals surface area contributed by atoms with E-state index in [9.17, 15) is 0 Å². The Morgan fingerprint density at radius 3 is 2.31 bits per heavy atom. The zero-order valence-corrected chi connectivity index (χ0v) is 8.25. The molecular weight excluding hydrogens is 162 g/mol. The average Bonchev–Trinajstić information content (AvgIpc) is 2.05. The molecule has 0 aliphatic carbocycles. The standard InChI is InChI=1S/C11H17NO/c1-9-3-5-10(6-4-9)11(2,12)7-8-13/h3-6,13H,7-8,12H2,1-2H3. The first-order valence-corrected chi connectivity index (χ1v) is 4.53. The fourth-order valence-corrected chi connectivity index (χ4v) is 1.31. The van der Waals surface area contributed by atoms with Crippen LogP contribution in [0.2, 0.25) is 0 Å². The minimum Gasteiger partial charge on any atom is -0.396 e. The third kappa shape index (κ3) is 2.54. The van der Waals surface area contributed by atoms with Gasteiger partial charge in [-0.1, -0.05) is 29.8 Å². The molecule has 0 aliphatic heterocycles. The summed E-state index contributed by atoms with van der Waals surface area (Å²) in [5, 5.41) is 8.84. The maximum absolute atomic E-state index is 8.84. The van der Waals surface area contributed by atoms with Crippen LogP contribution < -0.4 is 5.73 Å². The first-order valence-electron chi connectivity index (χ1n) is 4.53. The maximum Gasteiger partial charge on any atom is 0.0451 e. The van der Waals surface area contributed by atoms with Crippen molar-refractivity contribution in [2.24, 2.45) is 5.73 Å². The van der Waals surface area contributed by atoms with E-state index in [1.54, 1.807) is 0 Å². The van der Waals surface area contributed by atoms with Crippen LogP contribution in [0.3, 0.4) is 0 Å². The Bertz CT molecular complexity index is 264. The Morgan fingerprint density at radius 2 is 1.85 bits per heavy atom. The number of hydrogen-bond donors (Lipinski definition) is 2. The van der Waals surface area contributed by atoms with E-state index in [2.05, 4.69) is 0 Å². The summed E-state index contributed by atoms with van der Waals surface area (Å²) in [6, 6.07) is 8.12. The fourth-order valence-electron chi connectivity index (χ4n) is 1.31. The van der Waals surface area contributed by atoms with Crippen molar-refractivity contribution in [3.05, 3.63) is 35.4 Å². The fraction of sp³-hybridized carbons (Fsp3) is 0.455. The summed E-state index contributed by atoms with van der Waals surface area (Å²) in [4.78, 5) is 0. The molecule has 1 aromatic carbocycles. The molecule has 0 heterocycles. The van der Waals surface area contributed by atoms with E-state index in [0.717, 1.165) is 5.56 Å². The summed E-state index contributed by atoms with van der Waals surface area (Å²) in [5.74, 6) is 0. The van der Waals surface area contributed by atoms with Crippen molar-refractivity contribution in [2.45, 2.75) is 25.8 Å². The van der Waals surface area contributed by atoms with Crippen LogP contribution in [0, 0.1) is 6.92 Å².